The first-order valence-corrected chi connectivity index (χ1v) is 8.89. The maximum atomic E-state index is 12.2. The van der Waals surface area contributed by atoms with Crippen LogP contribution >= 0.6 is 0 Å². The van der Waals surface area contributed by atoms with E-state index in [1.165, 1.54) is 11.8 Å². The number of ether oxygens (including phenoxy) is 1. The molecule has 0 aromatic carbocycles. The average Bonchev–Trinajstić information content (AvgIpc) is 2.37. The van der Waals surface area contributed by atoms with E-state index in [1.54, 1.807) is 14.0 Å². The van der Waals surface area contributed by atoms with Crippen LogP contribution in [-0.2, 0) is 19.6 Å². The summed E-state index contributed by atoms with van der Waals surface area (Å²) in [5.41, 5.74) is -0.954. The van der Waals surface area contributed by atoms with Crippen molar-refractivity contribution in [2.75, 3.05) is 32.6 Å². The molecule has 124 valence electrons. The molecule has 1 saturated heterocycles. The van der Waals surface area contributed by atoms with Gasteiger partial charge in [-0.15, -0.1) is 0 Å². The monoisotopic (exact) mass is 322 g/mol. The molecule has 1 unspecified atom stereocenters. The zero-order chi connectivity index (χ0) is 16.1. The summed E-state index contributed by atoms with van der Waals surface area (Å²) in [6.07, 6.45) is 1.44. The Morgan fingerprint density at radius 1 is 1.43 bits per heavy atom. The van der Waals surface area contributed by atoms with Gasteiger partial charge in [0.25, 0.3) is 0 Å². The van der Waals surface area contributed by atoms with Crippen LogP contribution in [0.25, 0.3) is 0 Å². The van der Waals surface area contributed by atoms with Crippen LogP contribution in [0.2, 0.25) is 0 Å². The highest BCUT2D eigenvalue weighted by atomic mass is 32.2. The third-order valence-electron chi connectivity index (χ3n) is 3.53. The van der Waals surface area contributed by atoms with Crippen LogP contribution in [0.4, 0.5) is 0 Å². The van der Waals surface area contributed by atoms with Gasteiger partial charge in [0.1, 0.15) is 0 Å². The summed E-state index contributed by atoms with van der Waals surface area (Å²) in [5.74, 6) is -0.357. The van der Waals surface area contributed by atoms with E-state index in [0.717, 1.165) is 0 Å². The molecule has 0 aromatic rings. The molecule has 7 nitrogen and oxygen atoms in total. The molecule has 0 aliphatic carbocycles. The molecule has 2 N–H and O–H groups in total. The Balaban J connectivity index is 2.57. The normalized spacial score (nSPS) is 20.0. The highest BCUT2D eigenvalue weighted by molar-refractivity contribution is 7.89. The fourth-order valence-corrected chi connectivity index (χ4v) is 3.70. The molecule has 0 radical (unpaired) electrons. The molecular formula is C13H26N2O5S. The summed E-state index contributed by atoms with van der Waals surface area (Å²) < 4.78 is 30.9. The number of carbonyl (C=O) groups is 1. The number of carbonyl (C=O) groups excluding carboxylic acids is 1. The van der Waals surface area contributed by atoms with E-state index >= 15 is 0 Å². The van der Waals surface area contributed by atoms with Gasteiger partial charge in [-0.2, -0.15) is 0 Å². The molecule has 0 saturated carbocycles. The van der Waals surface area contributed by atoms with Gasteiger partial charge in [0.15, 0.2) is 0 Å². The van der Waals surface area contributed by atoms with Gasteiger partial charge in [0, 0.05) is 39.6 Å². The lowest BCUT2D eigenvalue weighted by atomic mass is 9.94. The first-order valence-electron chi connectivity index (χ1n) is 7.24. The van der Waals surface area contributed by atoms with Crippen molar-refractivity contribution in [1.29, 1.82) is 0 Å². The lowest BCUT2D eigenvalue weighted by Gasteiger charge is -2.36. The van der Waals surface area contributed by atoms with Crippen molar-refractivity contribution in [3.05, 3.63) is 0 Å². The Labute approximate surface area is 126 Å². The number of nitrogens with zero attached hydrogens (tertiary/aromatic N) is 1. The summed E-state index contributed by atoms with van der Waals surface area (Å²) in [6.45, 7) is 4.39. The average molecular weight is 322 g/mol. The Hall–Kier alpha value is -0.700. The molecule has 1 aliphatic rings. The number of nitrogens with one attached hydrogen (secondary N) is 1. The van der Waals surface area contributed by atoms with Crippen LogP contribution in [0.1, 0.15) is 33.1 Å². The van der Waals surface area contributed by atoms with Crippen LogP contribution in [0.15, 0.2) is 0 Å². The molecule has 1 amide bonds. The van der Waals surface area contributed by atoms with Crippen molar-refractivity contribution >= 4 is 15.9 Å². The van der Waals surface area contributed by atoms with E-state index in [2.05, 4.69) is 4.72 Å². The number of likely N-dealkylation sites (N-methyl/N-ethyl adjacent to an activating group) is 1. The Kier molecular flexibility index (Phi) is 6.58. The van der Waals surface area contributed by atoms with E-state index in [1.807, 2.05) is 0 Å². The number of rotatable bonds is 7. The quantitative estimate of drug-likeness (QED) is 0.671. The Bertz CT molecular complexity index is 445. The molecular weight excluding hydrogens is 296 g/mol. The summed E-state index contributed by atoms with van der Waals surface area (Å²) in [7, 11) is -1.87. The molecule has 8 heteroatoms. The van der Waals surface area contributed by atoms with Crippen LogP contribution in [-0.4, -0.2) is 68.5 Å². The maximum absolute atomic E-state index is 12.2. The van der Waals surface area contributed by atoms with Gasteiger partial charge in [0.05, 0.1) is 17.4 Å². The Morgan fingerprint density at radius 2 is 2.00 bits per heavy atom. The van der Waals surface area contributed by atoms with E-state index in [4.69, 9.17) is 4.74 Å². The molecule has 0 spiro atoms. The molecule has 1 heterocycles. The summed E-state index contributed by atoms with van der Waals surface area (Å²) in [4.78, 5) is 13.6. The highest BCUT2D eigenvalue weighted by Crippen LogP contribution is 2.21. The molecule has 1 rings (SSSR count). The summed E-state index contributed by atoms with van der Waals surface area (Å²) >= 11 is 0. The van der Waals surface area contributed by atoms with Gasteiger partial charge in [-0.25, -0.2) is 13.1 Å². The van der Waals surface area contributed by atoms with Crippen LogP contribution in [0, 0.1) is 0 Å². The standard InChI is InChI=1S/C13H26N2O5S/c1-4-9-21(18,19)14-11(2)12(16)15(3)10-13(17)5-7-20-8-6-13/h11,14,17H,4-10H2,1-3H3. The number of amides is 1. The van der Waals surface area contributed by atoms with Crippen molar-refractivity contribution < 1.29 is 23.1 Å². The minimum absolute atomic E-state index is 0.00435. The van der Waals surface area contributed by atoms with Gasteiger partial charge < -0.3 is 14.7 Å². The molecule has 0 aromatic heterocycles. The van der Waals surface area contributed by atoms with E-state index in [9.17, 15) is 18.3 Å². The van der Waals surface area contributed by atoms with E-state index in [-0.39, 0.29) is 18.2 Å². The van der Waals surface area contributed by atoms with Gasteiger partial charge >= 0.3 is 0 Å². The van der Waals surface area contributed by atoms with Crippen molar-refractivity contribution in [1.82, 2.24) is 9.62 Å². The molecule has 1 atom stereocenters. The van der Waals surface area contributed by atoms with Crippen LogP contribution in [0.5, 0.6) is 0 Å². The first-order chi connectivity index (χ1) is 9.69. The highest BCUT2D eigenvalue weighted by Gasteiger charge is 2.33. The fourth-order valence-electron chi connectivity index (χ4n) is 2.41. The maximum Gasteiger partial charge on any atom is 0.240 e. The summed E-state index contributed by atoms with van der Waals surface area (Å²) in [5, 5.41) is 10.4. The number of aliphatic hydroxyl groups is 1. The molecule has 1 aliphatic heterocycles. The number of sulfonamides is 1. The zero-order valence-electron chi connectivity index (χ0n) is 13.0. The Morgan fingerprint density at radius 3 is 2.52 bits per heavy atom. The smallest absolute Gasteiger partial charge is 0.240 e. The minimum atomic E-state index is -3.44. The second-order valence-corrected chi connectivity index (χ2v) is 7.56. The van der Waals surface area contributed by atoms with Crippen LogP contribution < -0.4 is 4.72 Å². The van der Waals surface area contributed by atoms with Gasteiger partial charge in [-0.1, -0.05) is 6.92 Å². The van der Waals surface area contributed by atoms with Gasteiger partial charge in [0.2, 0.25) is 15.9 Å². The topological polar surface area (TPSA) is 95.9 Å². The predicted molar refractivity (Wildman–Crippen MR) is 79.3 cm³/mol. The lowest BCUT2D eigenvalue weighted by Crippen LogP contribution is -2.52. The predicted octanol–water partition coefficient (Wildman–Crippen LogP) is -0.296. The van der Waals surface area contributed by atoms with E-state index in [0.29, 0.717) is 32.5 Å². The zero-order valence-corrected chi connectivity index (χ0v) is 13.8. The van der Waals surface area contributed by atoms with Crippen LogP contribution in [0.3, 0.4) is 0 Å². The van der Waals surface area contributed by atoms with E-state index < -0.39 is 21.7 Å². The van der Waals surface area contributed by atoms with Crippen molar-refractivity contribution in [2.24, 2.45) is 0 Å². The van der Waals surface area contributed by atoms with Crippen molar-refractivity contribution in [2.45, 2.75) is 44.8 Å². The fraction of sp³-hybridized carbons (Fsp3) is 0.923. The molecule has 0 bridgehead atoms. The lowest BCUT2D eigenvalue weighted by molar-refractivity contribution is -0.138. The third-order valence-corrected chi connectivity index (χ3v) is 5.19. The largest absolute Gasteiger partial charge is 0.388 e. The van der Waals surface area contributed by atoms with Crippen molar-refractivity contribution in [3.63, 3.8) is 0 Å². The molecule has 1 fully saturated rings. The second kappa shape index (κ2) is 7.53. The number of hydrogen-bond acceptors (Lipinski definition) is 5. The summed E-state index contributed by atoms with van der Waals surface area (Å²) in [6, 6.07) is -0.838. The molecule has 21 heavy (non-hydrogen) atoms. The number of hydrogen-bond donors (Lipinski definition) is 2. The van der Waals surface area contributed by atoms with Gasteiger partial charge in [-0.05, 0) is 13.3 Å². The third kappa shape index (κ3) is 5.90. The minimum Gasteiger partial charge on any atom is -0.388 e. The van der Waals surface area contributed by atoms with Crippen molar-refractivity contribution in [3.8, 4) is 0 Å². The first kappa shape index (κ1) is 18.3. The SMILES string of the molecule is CCCS(=O)(=O)NC(C)C(=O)N(C)CC1(O)CCOCC1. The van der Waals surface area contributed by atoms with Gasteiger partial charge in [-0.3, -0.25) is 4.79 Å². The second-order valence-electron chi connectivity index (χ2n) is 5.69.